The Labute approximate surface area is 102 Å². The van der Waals surface area contributed by atoms with Gasteiger partial charge in [0.05, 0.1) is 0 Å². The highest BCUT2D eigenvalue weighted by molar-refractivity contribution is 5.83. The minimum Gasteiger partial charge on any atom is -0.479 e. The van der Waals surface area contributed by atoms with Crippen LogP contribution in [0.25, 0.3) is 0 Å². The van der Waals surface area contributed by atoms with Gasteiger partial charge < -0.3 is 10.0 Å². The van der Waals surface area contributed by atoms with Gasteiger partial charge in [0.1, 0.15) is 5.54 Å². The number of hydrogen-bond donors (Lipinski definition) is 1. The maximum Gasteiger partial charge on any atom is 0.329 e. The second-order valence-corrected chi connectivity index (χ2v) is 6.42. The molecule has 0 aromatic heterocycles. The summed E-state index contributed by atoms with van der Waals surface area (Å²) < 4.78 is 0. The zero-order chi connectivity index (χ0) is 12.8. The first kappa shape index (κ1) is 12.4. The van der Waals surface area contributed by atoms with Crippen molar-refractivity contribution in [1.29, 1.82) is 0 Å². The Hall–Kier alpha value is -1.06. The lowest BCUT2D eigenvalue weighted by Crippen LogP contribution is -2.57. The third kappa shape index (κ3) is 1.83. The van der Waals surface area contributed by atoms with E-state index >= 15 is 0 Å². The van der Waals surface area contributed by atoms with Crippen LogP contribution in [0.15, 0.2) is 0 Å². The van der Waals surface area contributed by atoms with Crippen LogP contribution in [0.4, 0.5) is 0 Å². The summed E-state index contributed by atoms with van der Waals surface area (Å²) in [6, 6.07) is 0.153. The molecular weight excluding hydrogens is 218 g/mol. The number of carbonyl (C=O) groups is 2. The summed E-state index contributed by atoms with van der Waals surface area (Å²) in [5.41, 5.74) is -0.986. The van der Waals surface area contributed by atoms with Gasteiger partial charge in [0.2, 0.25) is 6.41 Å². The van der Waals surface area contributed by atoms with E-state index in [4.69, 9.17) is 0 Å². The van der Waals surface area contributed by atoms with Gasteiger partial charge in [0.25, 0.3) is 0 Å². The van der Waals surface area contributed by atoms with Crippen molar-refractivity contribution in [1.82, 2.24) is 4.90 Å². The molecule has 1 N–H and O–H groups in total. The minimum absolute atomic E-state index is 0.00600. The van der Waals surface area contributed by atoms with Gasteiger partial charge in [-0.1, -0.05) is 20.8 Å². The van der Waals surface area contributed by atoms with Crippen LogP contribution >= 0.6 is 0 Å². The van der Waals surface area contributed by atoms with Gasteiger partial charge >= 0.3 is 5.97 Å². The molecule has 0 spiro atoms. The highest BCUT2D eigenvalue weighted by Crippen LogP contribution is 2.52. The van der Waals surface area contributed by atoms with Crippen LogP contribution in [0.3, 0.4) is 0 Å². The number of aliphatic carboxylic acids is 1. The molecule has 2 unspecified atom stereocenters. The van der Waals surface area contributed by atoms with E-state index in [-0.39, 0.29) is 17.4 Å². The summed E-state index contributed by atoms with van der Waals surface area (Å²) in [6.45, 7) is 6.13. The summed E-state index contributed by atoms with van der Waals surface area (Å²) >= 11 is 0. The van der Waals surface area contributed by atoms with Crippen LogP contribution in [-0.4, -0.2) is 34.0 Å². The second kappa shape index (κ2) is 3.72. The maximum atomic E-state index is 11.8. The van der Waals surface area contributed by atoms with Crippen molar-refractivity contribution in [3.63, 3.8) is 0 Å². The van der Waals surface area contributed by atoms with Crippen molar-refractivity contribution in [2.24, 2.45) is 11.3 Å². The van der Waals surface area contributed by atoms with Crippen LogP contribution in [0.1, 0.15) is 46.5 Å². The van der Waals surface area contributed by atoms with Crippen molar-refractivity contribution >= 4 is 12.4 Å². The van der Waals surface area contributed by atoms with E-state index in [0.29, 0.717) is 6.42 Å². The molecule has 2 rings (SSSR count). The monoisotopic (exact) mass is 239 g/mol. The SMILES string of the molecule is CC1CC(C)(C)CC1(C(=O)O)N(C=O)C1CC1. The fraction of sp³-hybridized carbons (Fsp3) is 0.846. The molecule has 0 radical (unpaired) electrons. The van der Waals surface area contributed by atoms with Gasteiger partial charge in [-0.05, 0) is 37.0 Å². The zero-order valence-electron chi connectivity index (χ0n) is 10.8. The molecule has 0 saturated heterocycles. The van der Waals surface area contributed by atoms with Crippen LogP contribution in [0.5, 0.6) is 0 Å². The fourth-order valence-corrected chi connectivity index (χ4v) is 3.57. The molecule has 4 heteroatoms. The smallest absolute Gasteiger partial charge is 0.329 e. The van der Waals surface area contributed by atoms with Gasteiger partial charge in [0.15, 0.2) is 0 Å². The summed E-state index contributed by atoms with van der Waals surface area (Å²) in [4.78, 5) is 24.6. The Kier molecular flexibility index (Phi) is 2.71. The molecule has 2 atom stereocenters. The van der Waals surface area contributed by atoms with Crippen LogP contribution in [-0.2, 0) is 9.59 Å². The van der Waals surface area contributed by atoms with Crippen molar-refractivity contribution in [3.05, 3.63) is 0 Å². The summed E-state index contributed by atoms with van der Waals surface area (Å²) in [7, 11) is 0. The van der Waals surface area contributed by atoms with Crippen LogP contribution in [0, 0.1) is 11.3 Å². The van der Waals surface area contributed by atoms with E-state index < -0.39 is 11.5 Å². The van der Waals surface area contributed by atoms with Gasteiger partial charge in [-0.15, -0.1) is 0 Å². The number of carboxylic acid groups (broad SMARTS) is 1. The third-order valence-corrected chi connectivity index (χ3v) is 4.31. The summed E-state index contributed by atoms with van der Waals surface area (Å²) in [5, 5.41) is 9.64. The standard InChI is InChI=1S/C13H21NO3/c1-9-6-12(2,3)7-13(9,11(16)17)14(8-15)10-4-5-10/h8-10H,4-7H2,1-3H3,(H,16,17). The van der Waals surface area contributed by atoms with Gasteiger partial charge in [0, 0.05) is 6.04 Å². The Morgan fingerprint density at radius 1 is 1.41 bits per heavy atom. The average Bonchev–Trinajstić information content (AvgIpc) is 2.95. The Morgan fingerprint density at radius 3 is 2.29 bits per heavy atom. The zero-order valence-corrected chi connectivity index (χ0v) is 10.8. The predicted molar refractivity (Wildman–Crippen MR) is 63.5 cm³/mol. The van der Waals surface area contributed by atoms with E-state index in [0.717, 1.165) is 25.7 Å². The lowest BCUT2D eigenvalue weighted by atomic mass is 9.84. The number of rotatable bonds is 4. The number of hydrogen-bond acceptors (Lipinski definition) is 2. The molecule has 1 amide bonds. The molecule has 2 fully saturated rings. The number of nitrogens with zero attached hydrogens (tertiary/aromatic N) is 1. The van der Waals surface area contributed by atoms with E-state index in [9.17, 15) is 14.7 Å². The molecule has 2 aliphatic rings. The maximum absolute atomic E-state index is 11.8. The largest absolute Gasteiger partial charge is 0.479 e. The molecule has 2 aliphatic carbocycles. The molecule has 4 nitrogen and oxygen atoms in total. The van der Waals surface area contributed by atoms with Crippen LogP contribution < -0.4 is 0 Å². The molecule has 0 bridgehead atoms. The Morgan fingerprint density at radius 2 is 2.00 bits per heavy atom. The first-order valence-corrected chi connectivity index (χ1v) is 6.30. The Bertz CT molecular complexity index is 349. The topological polar surface area (TPSA) is 57.6 Å². The van der Waals surface area contributed by atoms with E-state index in [1.807, 2.05) is 6.92 Å². The highest BCUT2D eigenvalue weighted by Gasteiger charge is 2.59. The molecule has 0 aromatic carbocycles. The van der Waals surface area contributed by atoms with E-state index in [2.05, 4.69) is 13.8 Å². The average molecular weight is 239 g/mol. The molecule has 0 aliphatic heterocycles. The number of carbonyl (C=O) groups excluding carboxylic acids is 1. The molecule has 96 valence electrons. The minimum atomic E-state index is -0.980. The molecule has 17 heavy (non-hydrogen) atoms. The fourth-order valence-electron chi connectivity index (χ4n) is 3.57. The van der Waals surface area contributed by atoms with Gasteiger partial charge in [-0.3, -0.25) is 4.79 Å². The highest BCUT2D eigenvalue weighted by atomic mass is 16.4. The van der Waals surface area contributed by atoms with E-state index in [1.165, 1.54) is 0 Å². The lowest BCUT2D eigenvalue weighted by Gasteiger charge is -2.39. The molecular formula is C13H21NO3. The van der Waals surface area contributed by atoms with Crippen molar-refractivity contribution in [2.45, 2.75) is 58.0 Å². The lowest BCUT2D eigenvalue weighted by molar-refractivity contribution is -0.158. The van der Waals surface area contributed by atoms with Gasteiger partial charge in [-0.25, -0.2) is 4.79 Å². The normalized spacial score (nSPS) is 35.6. The third-order valence-electron chi connectivity index (χ3n) is 4.31. The van der Waals surface area contributed by atoms with Crippen LogP contribution in [0.2, 0.25) is 0 Å². The molecule has 2 saturated carbocycles. The number of amides is 1. The summed E-state index contributed by atoms with van der Waals surface area (Å²) in [6.07, 6.45) is 4.06. The first-order chi connectivity index (χ1) is 7.83. The quantitative estimate of drug-likeness (QED) is 0.762. The van der Waals surface area contributed by atoms with Crippen molar-refractivity contribution in [2.75, 3.05) is 0 Å². The summed E-state index contributed by atoms with van der Waals surface area (Å²) in [5.74, 6) is -0.824. The predicted octanol–water partition coefficient (Wildman–Crippen LogP) is 1.89. The van der Waals surface area contributed by atoms with Gasteiger partial charge in [-0.2, -0.15) is 0 Å². The van der Waals surface area contributed by atoms with Crippen molar-refractivity contribution < 1.29 is 14.7 Å². The molecule has 0 aromatic rings. The Balaban J connectivity index is 2.38. The number of carboxylic acids is 1. The second-order valence-electron chi connectivity index (χ2n) is 6.42. The molecule has 0 heterocycles. The van der Waals surface area contributed by atoms with Crippen molar-refractivity contribution in [3.8, 4) is 0 Å². The first-order valence-electron chi connectivity index (χ1n) is 6.30. The van der Waals surface area contributed by atoms with E-state index in [1.54, 1.807) is 4.90 Å².